The number of nitrogens with one attached hydrogen (secondary N) is 1. The second kappa shape index (κ2) is 6.90. The van der Waals surface area contributed by atoms with Crippen molar-refractivity contribution in [2.75, 3.05) is 19.0 Å². The molecule has 5 nitrogen and oxygen atoms in total. The molecular formula is C15H15NO4S. The zero-order chi connectivity index (χ0) is 15.2. The van der Waals surface area contributed by atoms with Gasteiger partial charge in [-0.25, -0.2) is 4.79 Å². The minimum atomic E-state index is -0.450. The molecule has 0 saturated carbocycles. The summed E-state index contributed by atoms with van der Waals surface area (Å²) in [4.78, 5) is 24.4. The van der Waals surface area contributed by atoms with Crippen LogP contribution in [0.4, 0.5) is 5.69 Å². The summed E-state index contributed by atoms with van der Waals surface area (Å²) in [6.45, 7) is 2.39. The molecule has 110 valence electrons. The lowest BCUT2D eigenvalue weighted by atomic mass is 10.3. The van der Waals surface area contributed by atoms with Gasteiger partial charge >= 0.3 is 5.97 Å². The zero-order valence-electron chi connectivity index (χ0n) is 11.7. The van der Waals surface area contributed by atoms with Gasteiger partial charge in [-0.3, -0.25) is 4.79 Å². The van der Waals surface area contributed by atoms with Gasteiger partial charge in [0.05, 0.1) is 24.3 Å². The van der Waals surface area contributed by atoms with Gasteiger partial charge in [0.15, 0.2) is 0 Å². The highest BCUT2D eigenvalue weighted by atomic mass is 32.1. The molecule has 1 N–H and O–H groups in total. The monoisotopic (exact) mass is 305 g/mol. The van der Waals surface area contributed by atoms with E-state index in [1.807, 2.05) is 19.1 Å². The lowest BCUT2D eigenvalue weighted by molar-refractivity contribution is 0.0606. The Hall–Kier alpha value is -2.34. The summed E-state index contributed by atoms with van der Waals surface area (Å²) < 4.78 is 10.1. The molecule has 1 amide bonds. The van der Waals surface area contributed by atoms with Crippen molar-refractivity contribution in [2.24, 2.45) is 0 Å². The van der Waals surface area contributed by atoms with E-state index >= 15 is 0 Å². The molecule has 0 aliphatic rings. The highest BCUT2D eigenvalue weighted by Crippen LogP contribution is 2.25. The van der Waals surface area contributed by atoms with Crippen LogP contribution in [0.2, 0.25) is 0 Å². The summed E-state index contributed by atoms with van der Waals surface area (Å²) in [5.41, 5.74) is 0.595. The molecule has 0 spiro atoms. The van der Waals surface area contributed by atoms with Gasteiger partial charge in [0.2, 0.25) is 0 Å². The number of carbonyl (C=O) groups excluding carboxylic acids is 2. The standard InChI is InChI=1S/C15H15NO4S/c1-3-20-11-7-5-4-6-10(11)16-14(17)12-8-9-13(21-12)15(18)19-2/h4-9H,3H2,1-2H3,(H,16,17). The maximum Gasteiger partial charge on any atom is 0.348 e. The first kappa shape index (κ1) is 15.1. The topological polar surface area (TPSA) is 64.6 Å². The van der Waals surface area contributed by atoms with E-state index < -0.39 is 5.97 Å². The number of ether oxygens (including phenoxy) is 2. The Balaban J connectivity index is 2.15. The van der Waals surface area contributed by atoms with E-state index in [0.29, 0.717) is 27.8 Å². The Morgan fingerprint density at radius 1 is 1.14 bits per heavy atom. The normalized spacial score (nSPS) is 10.0. The second-order valence-electron chi connectivity index (χ2n) is 4.04. The Kier molecular flexibility index (Phi) is 4.94. The fraction of sp³-hybridized carbons (Fsp3) is 0.200. The van der Waals surface area contributed by atoms with Crippen molar-refractivity contribution in [1.82, 2.24) is 0 Å². The van der Waals surface area contributed by atoms with Crippen molar-refractivity contribution in [2.45, 2.75) is 6.92 Å². The summed E-state index contributed by atoms with van der Waals surface area (Å²) in [6.07, 6.45) is 0. The molecule has 1 heterocycles. The molecule has 2 aromatic rings. The van der Waals surface area contributed by atoms with Crippen LogP contribution in [0.25, 0.3) is 0 Å². The molecule has 0 aliphatic carbocycles. The fourth-order valence-corrected chi connectivity index (χ4v) is 2.52. The first-order valence-corrected chi connectivity index (χ1v) is 7.18. The number of carbonyl (C=O) groups is 2. The first-order chi connectivity index (χ1) is 10.2. The molecule has 0 fully saturated rings. The van der Waals surface area contributed by atoms with Crippen molar-refractivity contribution >= 4 is 28.9 Å². The minimum Gasteiger partial charge on any atom is -0.492 e. The van der Waals surface area contributed by atoms with Crippen LogP contribution in [0.5, 0.6) is 5.75 Å². The second-order valence-corrected chi connectivity index (χ2v) is 5.12. The van der Waals surface area contributed by atoms with Crippen LogP contribution in [0.15, 0.2) is 36.4 Å². The third-order valence-electron chi connectivity index (χ3n) is 2.65. The van der Waals surface area contributed by atoms with Crippen molar-refractivity contribution in [1.29, 1.82) is 0 Å². The number of hydrogen-bond acceptors (Lipinski definition) is 5. The van der Waals surface area contributed by atoms with Gasteiger partial charge in [0.1, 0.15) is 10.6 Å². The number of hydrogen-bond donors (Lipinski definition) is 1. The van der Waals surface area contributed by atoms with Gasteiger partial charge in [0.25, 0.3) is 5.91 Å². The van der Waals surface area contributed by atoms with Crippen LogP contribution in [-0.2, 0) is 4.74 Å². The SMILES string of the molecule is CCOc1ccccc1NC(=O)c1ccc(C(=O)OC)s1. The number of thiophene rings is 1. The molecule has 0 aliphatic heterocycles. The smallest absolute Gasteiger partial charge is 0.348 e. The van der Waals surface area contributed by atoms with E-state index in [0.717, 1.165) is 11.3 Å². The highest BCUT2D eigenvalue weighted by molar-refractivity contribution is 7.16. The lowest BCUT2D eigenvalue weighted by Crippen LogP contribution is -2.11. The Labute approximate surface area is 126 Å². The predicted octanol–water partition coefficient (Wildman–Crippen LogP) is 3.19. The van der Waals surface area contributed by atoms with Gasteiger partial charge in [-0.2, -0.15) is 0 Å². The largest absolute Gasteiger partial charge is 0.492 e. The molecule has 0 radical (unpaired) electrons. The van der Waals surface area contributed by atoms with Crippen molar-refractivity contribution in [3.05, 3.63) is 46.2 Å². The molecule has 1 aromatic carbocycles. The van der Waals surface area contributed by atoms with E-state index in [1.165, 1.54) is 7.11 Å². The van der Waals surface area contributed by atoms with Crippen molar-refractivity contribution in [3.63, 3.8) is 0 Å². The molecule has 0 bridgehead atoms. The number of anilines is 1. The number of rotatable bonds is 5. The number of esters is 1. The summed E-state index contributed by atoms with van der Waals surface area (Å²) in [7, 11) is 1.31. The average molecular weight is 305 g/mol. The highest BCUT2D eigenvalue weighted by Gasteiger charge is 2.15. The van der Waals surface area contributed by atoms with E-state index in [2.05, 4.69) is 10.1 Å². The van der Waals surface area contributed by atoms with Gasteiger partial charge in [-0.1, -0.05) is 12.1 Å². The summed E-state index contributed by atoms with van der Waals surface area (Å²) >= 11 is 1.08. The molecule has 1 aromatic heterocycles. The molecule has 21 heavy (non-hydrogen) atoms. The number of methoxy groups -OCH3 is 1. The molecule has 0 saturated heterocycles. The molecule has 6 heteroatoms. The Morgan fingerprint density at radius 2 is 1.86 bits per heavy atom. The maximum atomic E-state index is 12.2. The van der Waals surface area contributed by atoms with Crippen LogP contribution in [0.1, 0.15) is 26.3 Å². The number of para-hydroxylation sites is 2. The van der Waals surface area contributed by atoms with E-state index in [-0.39, 0.29) is 5.91 Å². The summed E-state index contributed by atoms with van der Waals surface area (Å²) in [5, 5.41) is 2.78. The van der Waals surface area contributed by atoms with Gasteiger partial charge < -0.3 is 14.8 Å². The fourth-order valence-electron chi connectivity index (χ4n) is 1.71. The van der Waals surface area contributed by atoms with E-state index in [1.54, 1.807) is 24.3 Å². The predicted molar refractivity (Wildman–Crippen MR) is 81.2 cm³/mol. The van der Waals surface area contributed by atoms with Crippen molar-refractivity contribution < 1.29 is 19.1 Å². The summed E-state index contributed by atoms with van der Waals surface area (Å²) in [6, 6.07) is 10.4. The van der Waals surface area contributed by atoms with Gasteiger partial charge in [-0.15, -0.1) is 11.3 Å². The van der Waals surface area contributed by atoms with Crippen LogP contribution < -0.4 is 10.1 Å². The first-order valence-electron chi connectivity index (χ1n) is 6.37. The average Bonchev–Trinajstić information content (AvgIpc) is 2.98. The van der Waals surface area contributed by atoms with Crippen LogP contribution in [-0.4, -0.2) is 25.6 Å². The zero-order valence-corrected chi connectivity index (χ0v) is 12.5. The van der Waals surface area contributed by atoms with E-state index in [4.69, 9.17) is 4.74 Å². The van der Waals surface area contributed by atoms with Crippen LogP contribution in [0.3, 0.4) is 0 Å². The molecule has 2 rings (SSSR count). The summed E-state index contributed by atoms with van der Waals surface area (Å²) in [5.74, 6) is -0.130. The van der Waals surface area contributed by atoms with E-state index in [9.17, 15) is 9.59 Å². The number of benzene rings is 1. The lowest BCUT2D eigenvalue weighted by Gasteiger charge is -2.10. The quantitative estimate of drug-likeness (QED) is 0.862. The van der Waals surface area contributed by atoms with Crippen LogP contribution in [0, 0.1) is 0 Å². The Morgan fingerprint density at radius 3 is 2.57 bits per heavy atom. The van der Waals surface area contributed by atoms with Gasteiger partial charge in [0, 0.05) is 0 Å². The van der Waals surface area contributed by atoms with Crippen molar-refractivity contribution in [3.8, 4) is 5.75 Å². The third kappa shape index (κ3) is 3.61. The maximum absolute atomic E-state index is 12.2. The molecular weight excluding hydrogens is 290 g/mol. The minimum absolute atomic E-state index is 0.290. The van der Waals surface area contributed by atoms with Gasteiger partial charge in [-0.05, 0) is 31.2 Å². The third-order valence-corrected chi connectivity index (χ3v) is 3.72. The molecule has 0 atom stereocenters. The molecule has 0 unspecified atom stereocenters. The number of amides is 1. The Bertz CT molecular complexity index is 651. The van der Waals surface area contributed by atoms with Crippen LogP contribution >= 0.6 is 11.3 Å².